The molecule has 1 heterocycles. The van der Waals surface area contributed by atoms with Crippen molar-refractivity contribution in [3.8, 4) is 16.9 Å². The molecule has 0 unspecified atom stereocenters. The summed E-state index contributed by atoms with van der Waals surface area (Å²) in [6.07, 6.45) is 1.73. The third kappa shape index (κ3) is 2.86. The predicted molar refractivity (Wildman–Crippen MR) is 103 cm³/mol. The van der Waals surface area contributed by atoms with Crippen LogP contribution in [0.25, 0.3) is 28.1 Å². The number of aromatic nitrogens is 1. The molecule has 4 rings (SSSR count). The Kier molecular flexibility index (Phi) is 4.16. The van der Waals surface area contributed by atoms with Gasteiger partial charge in [0.05, 0.1) is 29.4 Å². The van der Waals surface area contributed by atoms with Crippen molar-refractivity contribution in [1.29, 1.82) is 0 Å². The fraction of sp³-hybridized carbons (Fsp3) is 0.0952. The number of hydrogen-bond donors (Lipinski definition) is 1. The zero-order chi connectivity index (χ0) is 19.1. The molecule has 2 aromatic carbocycles. The number of fused-ring (bicyclic) bond motifs is 2. The number of hydrogen-bond acceptors (Lipinski definition) is 5. The largest absolute Gasteiger partial charge is 0.507 e. The molecule has 0 atom stereocenters. The van der Waals surface area contributed by atoms with Crippen molar-refractivity contribution < 1.29 is 19.4 Å². The number of Topliss-reactive ketones (excluding diaryl/α,β-unsaturated/α-hetero) is 1. The molecule has 0 bridgehead atoms. The molecule has 5 nitrogen and oxygen atoms in total. The lowest BCUT2D eigenvalue weighted by molar-refractivity contribution is 0.0600. The molecule has 0 amide bonds. The van der Waals surface area contributed by atoms with Crippen LogP contribution < -0.4 is 0 Å². The van der Waals surface area contributed by atoms with Crippen LogP contribution in [0, 0.1) is 0 Å². The van der Waals surface area contributed by atoms with Crippen molar-refractivity contribution in [2.45, 2.75) is 6.42 Å². The number of ketones is 1. The number of aromatic hydroxyl groups is 1. The smallest absolute Gasteiger partial charge is 0.337 e. The second-order valence-corrected chi connectivity index (χ2v) is 6.66. The SMILES string of the molecule is COC(=O)c1ccc(O)c(-c2c3c(nc4ccccc24)C=C(Cl)CC3=O)c1. The molecule has 1 aliphatic rings. The fourth-order valence-electron chi connectivity index (χ4n) is 3.32. The molecule has 134 valence electrons. The van der Waals surface area contributed by atoms with Gasteiger partial charge in [-0.2, -0.15) is 0 Å². The first-order valence-electron chi connectivity index (χ1n) is 8.23. The number of carbonyl (C=O) groups excluding carboxylic acids is 2. The minimum absolute atomic E-state index is 0.0466. The normalized spacial score (nSPS) is 13.3. The molecule has 6 heteroatoms. The Labute approximate surface area is 159 Å². The average Bonchev–Trinajstić information content (AvgIpc) is 2.66. The van der Waals surface area contributed by atoms with Crippen molar-refractivity contribution in [3.05, 3.63) is 64.3 Å². The van der Waals surface area contributed by atoms with Crippen molar-refractivity contribution >= 4 is 40.3 Å². The maximum atomic E-state index is 12.8. The van der Waals surface area contributed by atoms with Crippen LogP contribution in [0.4, 0.5) is 0 Å². The summed E-state index contributed by atoms with van der Waals surface area (Å²) in [6, 6.07) is 11.7. The van der Waals surface area contributed by atoms with Gasteiger partial charge in [-0.3, -0.25) is 4.79 Å². The minimum Gasteiger partial charge on any atom is -0.507 e. The number of carbonyl (C=O) groups is 2. The third-order valence-electron chi connectivity index (χ3n) is 4.51. The van der Waals surface area contributed by atoms with E-state index in [9.17, 15) is 14.7 Å². The van der Waals surface area contributed by atoms with E-state index in [-0.39, 0.29) is 23.5 Å². The molecule has 0 aliphatic heterocycles. The van der Waals surface area contributed by atoms with Crippen LogP contribution in [0.2, 0.25) is 0 Å². The first-order chi connectivity index (χ1) is 13.0. The van der Waals surface area contributed by atoms with Crippen molar-refractivity contribution in [2.24, 2.45) is 0 Å². The highest BCUT2D eigenvalue weighted by molar-refractivity contribution is 6.35. The molecule has 27 heavy (non-hydrogen) atoms. The molecule has 1 aromatic heterocycles. The number of esters is 1. The molecule has 0 saturated carbocycles. The number of pyridine rings is 1. The number of methoxy groups -OCH3 is 1. The van der Waals surface area contributed by atoms with E-state index < -0.39 is 5.97 Å². The average molecular weight is 380 g/mol. The number of rotatable bonds is 2. The van der Waals surface area contributed by atoms with Gasteiger partial charge in [0, 0.05) is 28.0 Å². The number of para-hydroxylation sites is 1. The number of benzene rings is 2. The Balaban J connectivity index is 2.12. The van der Waals surface area contributed by atoms with Crippen molar-refractivity contribution in [3.63, 3.8) is 0 Å². The van der Waals surface area contributed by atoms with Gasteiger partial charge in [-0.15, -0.1) is 0 Å². The van der Waals surface area contributed by atoms with Crippen LogP contribution in [0.3, 0.4) is 0 Å². The van der Waals surface area contributed by atoms with Gasteiger partial charge >= 0.3 is 5.97 Å². The minimum atomic E-state index is -0.530. The van der Waals surface area contributed by atoms with E-state index in [1.165, 1.54) is 25.3 Å². The van der Waals surface area contributed by atoms with Crippen molar-refractivity contribution in [1.82, 2.24) is 4.98 Å². The van der Waals surface area contributed by atoms with Crippen LogP contribution in [-0.4, -0.2) is 29.0 Å². The van der Waals surface area contributed by atoms with E-state index in [0.29, 0.717) is 38.3 Å². The first kappa shape index (κ1) is 17.2. The summed E-state index contributed by atoms with van der Waals surface area (Å²) in [5.41, 5.74) is 2.67. The van der Waals surface area contributed by atoms with E-state index in [1.807, 2.05) is 24.3 Å². The van der Waals surface area contributed by atoms with Crippen molar-refractivity contribution in [2.75, 3.05) is 7.11 Å². The van der Waals surface area contributed by atoms with E-state index in [2.05, 4.69) is 4.98 Å². The Morgan fingerprint density at radius 2 is 1.96 bits per heavy atom. The van der Waals surface area contributed by atoms with Gasteiger partial charge in [-0.05, 0) is 30.3 Å². The molecule has 0 radical (unpaired) electrons. The van der Waals surface area contributed by atoms with Gasteiger partial charge < -0.3 is 9.84 Å². The predicted octanol–water partition coefficient (Wildman–Crippen LogP) is 4.56. The standard InChI is InChI=1S/C21H14ClNO4/c1-27-21(26)11-6-7-17(24)14(8-11)19-13-4-2-3-5-15(13)23-16-9-12(22)10-18(25)20(16)19/h2-9,24H,10H2,1H3. The summed E-state index contributed by atoms with van der Waals surface area (Å²) in [4.78, 5) is 29.3. The van der Waals surface area contributed by atoms with Crippen LogP contribution in [0.5, 0.6) is 5.75 Å². The first-order valence-corrected chi connectivity index (χ1v) is 8.61. The summed E-state index contributed by atoms with van der Waals surface area (Å²) in [7, 11) is 1.29. The summed E-state index contributed by atoms with van der Waals surface area (Å²) >= 11 is 6.10. The Morgan fingerprint density at radius 3 is 2.74 bits per heavy atom. The van der Waals surface area contributed by atoms with Crippen LogP contribution in [0.15, 0.2) is 47.5 Å². The van der Waals surface area contributed by atoms with Crippen LogP contribution in [-0.2, 0) is 4.74 Å². The third-order valence-corrected chi connectivity index (χ3v) is 4.75. The molecule has 1 N–H and O–H groups in total. The maximum absolute atomic E-state index is 12.8. The van der Waals surface area contributed by atoms with E-state index in [1.54, 1.807) is 6.08 Å². The van der Waals surface area contributed by atoms with E-state index in [0.717, 1.165) is 0 Å². The highest BCUT2D eigenvalue weighted by atomic mass is 35.5. The van der Waals surface area contributed by atoms with Crippen LogP contribution in [0.1, 0.15) is 32.8 Å². The number of nitrogens with zero attached hydrogens (tertiary/aromatic N) is 1. The quantitative estimate of drug-likeness (QED) is 0.660. The molecule has 3 aromatic rings. The van der Waals surface area contributed by atoms with Gasteiger partial charge in [0.2, 0.25) is 0 Å². The summed E-state index contributed by atoms with van der Waals surface area (Å²) in [5.74, 6) is -0.763. The van der Waals surface area contributed by atoms with Gasteiger partial charge in [0.25, 0.3) is 0 Å². The molecular formula is C21H14ClNO4. The topological polar surface area (TPSA) is 76.5 Å². The highest BCUT2D eigenvalue weighted by Gasteiger charge is 2.27. The number of phenolic OH excluding ortho intramolecular Hbond substituents is 1. The molecule has 0 fully saturated rings. The number of allylic oxidation sites excluding steroid dienone is 1. The molecule has 0 spiro atoms. The van der Waals surface area contributed by atoms with E-state index >= 15 is 0 Å². The fourth-order valence-corrected chi connectivity index (χ4v) is 3.54. The highest BCUT2D eigenvalue weighted by Crippen LogP contribution is 2.41. The summed E-state index contributed by atoms with van der Waals surface area (Å²) in [6.45, 7) is 0. The second kappa shape index (κ2) is 6.52. The Hall–Kier alpha value is -3.18. The Bertz CT molecular complexity index is 1150. The summed E-state index contributed by atoms with van der Waals surface area (Å²) < 4.78 is 4.78. The van der Waals surface area contributed by atoms with E-state index in [4.69, 9.17) is 16.3 Å². The Morgan fingerprint density at radius 1 is 1.19 bits per heavy atom. The van der Waals surface area contributed by atoms with Gasteiger partial charge in [0.15, 0.2) is 5.78 Å². The van der Waals surface area contributed by atoms with Gasteiger partial charge in [-0.1, -0.05) is 29.8 Å². The number of phenols is 1. The lowest BCUT2D eigenvalue weighted by Gasteiger charge is -2.19. The lowest BCUT2D eigenvalue weighted by atomic mass is 9.87. The van der Waals surface area contributed by atoms with Gasteiger partial charge in [0.1, 0.15) is 5.75 Å². The second-order valence-electron chi connectivity index (χ2n) is 6.18. The molecule has 0 saturated heterocycles. The summed E-state index contributed by atoms with van der Waals surface area (Å²) in [5, 5.41) is 11.6. The number of halogens is 1. The van der Waals surface area contributed by atoms with Gasteiger partial charge in [-0.25, -0.2) is 9.78 Å². The van der Waals surface area contributed by atoms with Crippen LogP contribution >= 0.6 is 11.6 Å². The monoisotopic (exact) mass is 379 g/mol. The maximum Gasteiger partial charge on any atom is 0.337 e. The zero-order valence-electron chi connectivity index (χ0n) is 14.3. The molecule has 1 aliphatic carbocycles. The lowest BCUT2D eigenvalue weighted by Crippen LogP contribution is -2.11. The zero-order valence-corrected chi connectivity index (χ0v) is 15.1. The number of ether oxygens (including phenoxy) is 1. The molecular weight excluding hydrogens is 366 g/mol.